The van der Waals surface area contributed by atoms with Crippen LogP contribution in [0, 0.1) is 0 Å². The van der Waals surface area contributed by atoms with Crippen LogP contribution < -0.4 is 0 Å². The van der Waals surface area contributed by atoms with Gasteiger partial charge < -0.3 is 10.0 Å². The Hall–Kier alpha value is -1.44. The average molecular weight is 335 g/mol. The van der Waals surface area contributed by atoms with Gasteiger partial charge in [-0.2, -0.15) is 5.10 Å². The van der Waals surface area contributed by atoms with E-state index < -0.39 is 0 Å². The summed E-state index contributed by atoms with van der Waals surface area (Å²) < 4.78 is 1.83. The molecule has 1 amide bonds. The van der Waals surface area contributed by atoms with Crippen molar-refractivity contribution in [1.29, 1.82) is 0 Å². The van der Waals surface area contributed by atoms with E-state index in [-0.39, 0.29) is 18.1 Å². The van der Waals surface area contributed by atoms with Crippen molar-refractivity contribution in [3.8, 4) is 0 Å². The molecule has 1 aromatic heterocycles. The third-order valence-electron chi connectivity index (χ3n) is 5.32. The fourth-order valence-corrected chi connectivity index (χ4v) is 3.89. The number of aliphatic hydroxyl groups is 1. The highest BCUT2D eigenvalue weighted by Crippen LogP contribution is 2.20. The predicted octanol–water partition coefficient (Wildman–Crippen LogP) is -0.0905. The number of amides is 1. The lowest BCUT2D eigenvalue weighted by molar-refractivity contribution is -0.131. The Labute approximate surface area is 143 Å². The summed E-state index contributed by atoms with van der Waals surface area (Å²) in [5, 5.41) is 14.8. The highest BCUT2D eigenvalue weighted by molar-refractivity contribution is 5.73. The summed E-state index contributed by atoms with van der Waals surface area (Å²) in [6.07, 6.45) is 5.46. The van der Waals surface area contributed by atoms with Crippen LogP contribution in [0.2, 0.25) is 0 Å². The number of aryl methyl sites for hydroxylation is 1. The molecule has 1 aromatic rings. The second-order valence-corrected chi connectivity index (χ2v) is 7.05. The van der Waals surface area contributed by atoms with Gasteiger partial charge in [-0.1, -0.05) is 0 Å². The van der Waals surface area contributed by atoms with Gasteiger partial charge in [-0.15, -0.1) is 0 Å². The van der Waals surface area contributed by atoms with Gasteiger partial charge in [0.1, 0.15) is 0 Å². The van der Waals surface area contributed by atoms with Crippen LogP contribution in [0.15, 0.2) is 12.4 Å². The van der Waals surface area contributed by atoms with Gasteiger partial charge >= 0.3 is 0 Å². The van der Waals surface area contributed by atoms with Crippen LogP contribution in [0.3, 0.4) is 0 Å². The molecule has 24 heavy (non-hydrogen) atoms. The number of hydrogen-bond acceptors (Lipinski definition) is 5. The summed E-state index contributed by atoms with van der Waals surface area (Å²) in [4.78, 5) is 18.1. The molecule has 0 unspecified atom stereocenters. The molecule has 3 rings (SSSR count). The molecule has 134 valence electrons. The average Bonchev–Trinajstić information content (AvgIpc) is 2.88. The molecule has 2 aliphatic rings. The number of likely N-dealkylation sites (tertiary alicyclic amines) is 1. The van der Waals surface area contributed by atoms with E-state index in [2.05, 4.69) is 21.1 Å². The maximum Gasteiger partial charge on any atom is 0.219 e. The lowest BCUT2D eigenvalue weighted by Gasteiger charge is -2.40. The van der Waals surface area contributed by atoms with Gasteiger partial charge in [0.15, 0.2) is 0 Å². The Bertz CT molecular complexity index is 553. The maximum absolute atomic E-state index is 11.5. The number of hydrogen-bond donors (Lipinski definition) is 1. The van der Waals surface area contributed by atoms with Crippen molar-refractivity contribution in [3.05, 3.63) is 18.0 Å². The normalized spacial score (nSPS) is 27.2. The molecular formula is C17H29N5O2. The third kappa shape index (κ3) is 4.15. The highest BCUT2D eigenvalue weighted by Gasteiger charge is 2.32. The summed E-state index contributed by atoms with van der Waals surface area (Å²) in [6, 6.07) is 0.206. The summed E-state index contributed by atoms with van der Waals surface area (Å²) in [5.41, 5.74) is 1.22. The van der Waals surface area contributed by atoms with Crippen molar-refractivity contribution in [2.24, 2.45) is 7.05 Å². The standard InChI is InChI=1S/C17H29N5O2/c1-14(23)21-7-9-22(10-8-21)16-3-5-20(6-4-17(16)24)13-15-11-18-19(2)12-15/h11-12,16-17,24H,3-10,13H2,1-2H3/t16-,17-/m0/s1. The van der Waals surface area contributed by atoms with Gasteiger partial charge in [-0.05, 0) is 12.8 Å². The van der Waals surface area contributed by atoms with Crippen LogP contribution in [0.1, 0.15) is 25.3 Å². The molecule has 0 spiro atoms. The number of aliphatic hydroxyl groups excluding tert-OH is 1. The van der Waals surface area contributed by atoms with Gasteiger partial charge in [-0.3, -0.25) is 19.3 Å². The Morgan fingerprint density at radius 1 is 1.21 bits per heavy atom. The topological polar surface area (TPSA) is 64.8 Å². The second-order valence-electron chi connectivity index (χ2n) is 7.05. The summed E-state index contributed by atoms with van der Waals surface area (Å²) >= 11 is 0. The first kappa shape index (κ1) is 17.4. The highest BCUT2D eigenvalue weighted by atomic mass is 16.3. The zero-order valence-electron chi connectivity index (χ0n) is 14.8. The lowest BCUT2D eigenvalue weighted by Crippen LogP contribution is -2.54. The SMILES string of the molecule is CC(=O)N1CCN([C@H]2CCN(Cc3cnn(C)c3)CC[C@@H]2O)CC1. The van der Waals surface area contributed by atoms with E-state index in [1.165, 1.54) is 5.56 Å². The quantitative estimate of drug-likeness (QED) is 0.836. The van der Waals surface area contributed by atoms with Crippen molar-refractivity contribution in [1.82, 2.24) is 24.5 Å². The van der Waals surface area contributed by atoms with Gasteiger partial charge in [0, 0.05) is 77.6 Å². The van der Waals surface area contributed by atoms with E-state index in [0.717, 1.165) is 58.7 Å². The number of aromatic nitrogens is 2. The van der Waals surface area contributed by atoms with Crippen molar-refractivity contribution < 1.29 is 9.90 Å². The first-order chi connectivity index (χ1) is 11.5. The summed E-state index contributed by atoms with van der Waals surface area (Å²) in [5.74, 6) is 0.152. The fourth-order valence-electron chi connectivity index (χ4n) is 3.89. The monoisotopic (exact) mass is 335 g/mol. The molecule has 0 bridgehead atoms. The van der Waals surface area contributed by atoms with E-state index in [9.17, 15) is 9.90 Å². The minimum absolute atomic E-state index is 0.152. The first-order valence-corrected chi connectivity index (χ1v) is 8.90. The summed E-state index contributed by atoms with van der Waals surface area (Å²) in [6.45, 7) is 7.71. The Morgan fingerprint density at radius 3 is 2.54 bits per heavy atom. The first-order valence-electron chi connectivity index (χ1n) is 8.90. The number of carbonyl (C=O) groups is 1. The number of carbonyl (C=O) groups excluding carboxylic acids is 1. The van der Waals surface area contributed by atoms with Crippen molar-refractivity contribution in [2.45, 2.75) is 38.5 Å². The predicted molar refractivity (Wildman–Crippen MR) is 91.3 cm³/mol. The van der Waals surface area contributed by atoms with Crippen LogP contribution >= 0.6 is 0 Å². The van der Waals surface area contributed by atoms with Crippen molar-refractivity contribution in [2.75, 3.05) is 39.3 Å². The van der Waals surface area contributed by atoms with E-state index in [1.807, 2.05) is 22.8 Å². The van der Waals surface area contributed by atoms with Crippen LogP contribution in [-0.4, -0.2) is 86.9 Å². The molecule has 1 N–H and O–H groups in total. The third-order valence-corrected chi connectivity index (χ3v) is 5.32. The van der Waals surface area contributed by atoms with Gasteiger partial charge in [0.05, 0.1) is 12.3 Å². The van der Waals surface area contributed by atoms with Crippen molar-refractivity contribution in [3.63, 3.8) is 0 Å². The minimum Gasteiger partial charge on any atom is -0.391 e. The fraction of sp³-hybridized carbons (Fsp3) is 0.765. The molecule has 2 fully saturated rings. The molecule has 2 aliphatic heterocycles. The van der Waals surface area contributed by atoms with E-state index in [0.29, 0.717) is 0 Å². The molecule has 0 aliphatic carbocycles. The van der Waals surface area contributed by atoms with Gasteiger partial charge in [0.2, 0.25) is 5.91 Å². The second kappa shape index (κ2) is 7.63. The minimum atomic E-state index is -0.284. The van der Waals surface area contributed by atoms with Crippen molar-refractivity contribution >= 4 is 5.91 Å². The lowest BCUT2D eigenvalue weighted by atomic mass is 10.0. The molecule has 7 nitrogen and oxygen atoms in total. The Balaban J connectivity index is 1.54. The van der Waals surface area contributed by atoms with E-state index in [4.69, 9.17) is 0 Å². The van der Waals surface area contributed by atoms with Crippen LogP contribution in [0.4, 0.5) is 0 Å². The molecule has 0 radical (unpaired) electrons. The smallest absolute Gasteiger partial charge is 0.219 e. The molecular weight excluding hydrogens is 306 g/mol. The number of nitrogens with zero attached hydrogens (tertiary/aromatic N) is 5. The van der Waals surface area contributed by atoms with E-state index in [1.54, 1.807) is 6.92 Å². The molecule has 0 saturated carbocycles. The van der Waals surface area contributed by atoms with Crippen LogP contribution in [0.5, 0.6) is 0 Å². The largest absolute Gasteiger partial charge is 0.391 e. The van der Waals surface area contributed by atoms with Gasteiger partial charge in [0.25, 0.3) is 0 Å². The van der Waals surface area contributed by atoms with Crippen LogP contribution in [0.25, 0.3) is 0 Å². The van der Waals surface area contributed by atoms with Gasteiger partial charge in [-0.25, -0.2) is 0 Å². The molecule has 3 heterocycles. The number of piperazine rings is 1. The molecule has 7 heteroatoms. The maximum atomic E-state index is 11.5. The van der Waals surface area contributed by atoms with E-state index >= 15 is 0 Å². The van der Waals surface area contributed by atoms with Crippen LogP contribution in [-0.2, 0) is 18.4 Å². The molecule has 2 saturated heterocycles. The Morgan fingerprint density at radius 2 is 1.92 bits per heavy atom. The number of rotatable bonds is 3. The summed E-state index contributed by atoms with van der Waals surface area (Å²) in [7, 11) is 1.94. The zero-order valence-corrected chi connectivity index (χ0v) is 14.8. The molecule has 2 atom stereocenters. The molecule has 0 aromatic carbocycles. The zero-order chi connectivity index (χ0) is 17.1. The Kier molecular flexibility index (Phi) is 5.53.